The summed E-state index contributed by atoms with van der Waals surface area (Å²) in [5.74, 6) is -0.389. The van der Waals surface area contributed by atoms with Crippen LogP contribution in [-0.2, 0) is 17.4 Å². The fraction of sp³-hybridized carbons (Fsp3) is 0.400. The molecule has 1 unspecified atom stereocenters. The largest absolute Gasteiger partial charge is 0.610 e. The Morgan fingerprint density at radius 3 is 2.54 bits per heavy atom. The van der Waals surface area contributed by atoms with Crippen LogP contribution in [0.5, 0.6) is 0 Å². The van der Waals surface area contributed by atoms with Crippen LogP contribution in [0.3, 0.4) is 0 Å². The van der Waals surface area contributed by atoms with Crippen molar-refractivity contribution in [2.24, 2.45) is 5.92 Å². The minimum atomic E-state index is -4.56. The Bertz CT molecular complexity index is 798. The second-order valence-corrected chi connectivity index (χ2v) is 6.91. The molecule has 0 aromatic carbocycles. The van der Waals surface area contributed by atoms with E-state index in [2.05, 4.69) is 10.1 Å². The smallest absolute Gasteiger partial charge is 0.433 e. The molecule has 1 aliphatic carbocycles. The van der Waals surface area contributed by atoms with Crippen molar-refractivity contribution in [1.29, 1.82) is 0 Å². The summed E-state index contributed by atoms with van der Waals surface area (Å²) in [6.45, 7) is 1.39. The molecule has 1 atom stereocenters. The van der Waals surface area contributed by atoms with Crippen molar-refractivity contribution in [1.82, 2.24) is 10.1 Å². The van der Waals surface area contributed by atoms with Gasteiger partial charge in [-0.05, 0) is 37.1 Å². The number of aryl methyl sites for hydroxylation is 1. The number of carbonyl (C=O) groups is 1. The van der Waals surface area contributed by atoms with Crippen LogP contribution in [-0.4, -0.2) is 26.7 Å². The van der Waals surface area contributed by atoms with Crippen molar-refractivity contribution < 1.29 is 27.0 Å². The first-order valence-corrected chi connectivity index (χ1v) is 8.68. The van der Waals surface area contributed by atoms with E-state index in [1.54, 1.807) is 0 Å². The predicted octanol–water partition coefficient (Wildman–Crippen LogP) is 3.39. The number of Topliss-reactive ketones (excluding diaryl/α,β-unsaturated/α-hetero) is 1. The van der Waals surface area contributed by atoms with Gasteiger partial charge < -0.3 is 9.08 Å². The molecule has 0 N–H and O–H groups in total. The first kappa shape index (κ1) is 17.0. The van der Waals surface area contributed by atoms with Crippen molar-refractivity contribution >= 4 is 17.0 Å². The number of pyridine rings is 1. The Labute approximate surface area is 138 Å². The number of hydrogen-bond donors (Lipinski definition) is 0. The fourth-order valence-corrected chi connectivity index (χ4v) is 3.00. The van der Waals surface area contributed by atoms with E-state index in [0.717, 1.165) is 18.9 Å². The molecule has 0 bridgehead atoms. The van der Waals surface area contributed by atoms with E-state index in [1.807, 2.05) is 0 Å². The number of nitrogens with zero attached hydrogens (tertiary/aromatic N) is 2. The number of ketones is 1. The summed E-state index contributed by atoms with van der Waals surface area (Å²) in [5, 5.41) is 3.70. The Hall–Kier alpha value is -1.87. The summed E-state index contributed by atoms with van der Waals surface area (Å²) < 4.78 is 55.2. The molecule has 2 heterocycles. The third-order valence-electron chi connectivity index (χ3n) is 3.75. The summed E-state index contributed by atoms with van der Waals surface area (Å²) in [6, 6.07) is 2.01. The number of hydrogen-bond acceptors (Lipinski definition) is 5. The standard InChI is InChI=1S/C15H13F3N2O3S/c1-7-9(5-6-10(19-7)15(16,17)18)13-11(12(21)8-3-4-8)14(20-23-13)24(2)22/h5-6,8H,3-4H2,1-2H3. The molecule has 3 rings (SSSR count). The van der Waals surface area contributed by atoms with Crippen molar-refractivity contribution in [3.8, 4) is 11.3 Å². The number of carbonyl (C=O) groups excluding carboxylic acids is 1. The molecular formula is C15H13F3N2O3S. The van der Waals surface area contributed by atoms with Gasteiger partial charge in [0.15, 0.2) is 11.5 Å². The number of rotatable bonds is 4. The van der Waals surface area contributed by atoms with Gasteiger partial charge in [-0.3, -0.25) is 4.79 Å². The second-order valence-electron chi connectivity index (χ2n) is 5.61. The summed E-state index contributed by atoms with van der Waals surface area (Å²) in [4.78, 5) is 16.0. The molecule has 0 saturated heterocycles. The van der Waals surface area contributed by atoms with Crippen LogP contribution in [0.15, 0.2) is 21.7 Å². The zero-order valence-corrected chi connectivity index (χ0v) is 13.6. The first-order valence-electron chi connectivity index (χ1n) is 7.12. The maximum atomic E-state index is 12.7. The van der Waals surface area contributed by atoms with Crippen LogP contribution in [0, 0.1) is 12.8 Å². The van der Waals surface area contributed by atoms with Crippen LogP contribution in [0.25, 0.3) is 11.3 Å². The van der Waals surface area contributed by atoms with Gasteiger partial charge in [-0.2, -0.15) is 13.2 Å². The van der Waals surface area contributed by atoms with Gasteiger partial charge in [-0.1, -0.05) is 0 Å². The lowest BCUT2D eigenvalue weighted by Crippen LogP contribution is -2.11. The fourth-order valence-electron chi connectivity index (χ4n) is 2.38. The molecule has 24 heavy (non-hydrogen) atoms. The van der Waals surface area contributed by atoms with Crippen LogP contribution < -0.4 is 0 Å². The van der Waals surface area contributed by atoms with Gasteiger partial charge in [0.25, 0.3) is 5.03 Å². The minimum Gasteiger partial charge on any atom is -0.610 e. The number of alkyl halides is 3. The zero-order chi connectivity index (χ0) is 17.6. The Morgan fingerprint density at radius 1 is 1.38 bits per heavy atom. The van der Waals surface area contributed by atoms with Gasteiger partial charge in [0, 0.05) is 28.4 Å². The lowest BCUT2D eigenvalue weighted by Gasteiger charge is -2.09. The maximum Gasteiger partial charge on any atom is 0.433 e. The van der Waals surface area contributed by atoms with Gasteiger partial charge >= 0.3 is 6.18 Å². The SMILES string of the molecule is Cc1nc(C(F)(F)F)ccc1-c1onc([S+](C)[O-])c1C(=O)C1CC1. The first-order chi connectivity index (χ1) is 11.2. The van der Waals surface area contributed by atoms with Crippen LogP contribution in [0.4, 0.5) is 13.2 Å². The topological polar surface area (TPSA) is 79.1 Å². The average molecular weight is 358 g/mol. The Kier molecular flexibility index (Phi) is 4.16. The van der Waals surface area contributed by atoms with Crippen LogP contribution in [0.2, 0.25) is 0 Å². The van der Waals surface area contributed by atoms with Gasteiger partial charge in [-0.25, -0.2) is 4.98 Å². The Balaban J connectivity index is 2.11. The molecule has 128 valence electrons. The van der Waals surface area contributed by atoms with Crippen LogP contribution >= 0.6 is 0 Å². The van der Waals surface area contributed by atoms with E-state index in [1.165, 1.54) is 19.2 Å². The summed E-state index contributed by atoms with van der Waals surface area (Å²) >= 11 is -1.55. The maximum absolute atomic E-state index is 12.7. The lowest BCUT2D eigenvalue weighted by atomic mass is 10.0. The van der Waals surface area contributed by atoms with Crippen molar-refractivity contribution in [2.75, 3.05) is 6.26 Å². The quantitative estimate of drug-likeness (QED) is 0.618. The molecule has 5 nitrogen and oxygen atoms in total. The average Bonchev–Trinajstić information content (AvgIpc) is 3.24. The van der Waals surface area contributed by atoms with E-state index < -0.39 is 23.0 Å². The van der Waals surface area contributed by atoms with E-state index in [0.29, 0.717) is 0 Å². The van der Waals surface area contributed by atoms with E-state index in [9.17, 15) is 22.5 Å². The molecule has 0 radical (unpaired) electrons. The highest BCUT2D eigenvalue weighted by molar-refractivity contribution is 7.90. The molecular weight excluding hydrogens is 345 g/mol. The van der Waals surface area contributed by atoms with Gasteiger partial charge in [-0.15, -0.1) is 0 Å². The van der Waals surface area contributed by atoms with Gasteiger partial charge in [0.1, 0.15) is 17.5 Å². The highest BCUT2D eigenvalue weighted by atomic mass is 32.2. The second kappa shape index (κ2) is 5.89. The molecule has 2 aromatic heterocycles. The molecule has 1 saturated carbocycles. The van der Waals surface area contributed by atoms with Crippen molar-refractivity contribution in [2.45, 2.75) is 31.0 Å². The lowest BCUT2D eigenvalue weighted by molar-refractivity contribution is -0.141. The third kappa shape index (κ3) is 3.05. The molecule has 1 fully saturated rings. The van der Waals surface area contributed by atoms with E-state index in [-0.39, 0.29) is 39.3 Å². The normalized spacial score (nSPS) is 16.2. The van der Waals surface area contributed by atoms with Gasteiger partial charge in [0.2, 0.25) is 0 Å². The molecule has 0 amide bonds. The number of aromatic nitrogens is 2. The third-order valence-corrected chi connectivity index (χ3v) is 4.57. The summed E-state index contributed by atoms with van der Waals surface area (Å²) in [5.41, 5.74) is -0.656. The molecule has 9 heteroatoms. The molecule has 0 aliphatic heterocycles. The van der Waals surface area contributed by atoms with Crippen molar-refractivity contribution in [3.05, 3.63) is 29.1 Å². The summed E-state index contributed by atoms with van der Waals surface area (Å²) in [6.07, 6.45) is -1.75. The molecule has 1 aliphatic rings. The highest BCUT2D eigenvalue weighted by Gasteiger charge is 2.39. The van der Waals surface area contributed by atoms with Gasteiger partial charge in [0.05, 0.1) is 0 Å². The zero-order valence-electron chi connectivity index (χ0n) is 12.8. The predicted molar refractivity (Wildman–Crippen MR) is 78.9 cm³/mol. The molecule has 2 aromatic rings. The highest BCUT2D eigenvalue weighted by Crippen LogP contribution is 2.39. The van der Waals surface area contributed by atoms with E-state index >= 15 is 0 Å². The minimum absolute atomic E-state index is 0.0150. The number of halogens is 3. The monoisotopic (exact) mass is 358 g/mol. The van der Waals surface area contributed by atoms with E-state index in [4.69, 9.17) is 4.52 Å². The van der Waals surface area contributed by atoms with Crippen molar-refractivity contribution in [3.63, 3.8) is 0 Å². The molecule has 0 spiro atoms. The summed E-state index contributed by atoms with van der Waals surface area (Å²) in [7, 11) is 0. The Morgan fingerprint density at radius 2 is 2.04 bits per heavy atom. The van der Waals surface area contributed by atoms with Crippen LogP contribution in [0.1, 0.15) is 34.6 Å².